The molecule has 0 radical (unpaired) electrons. The number of hydrogen-bond acceptors (Lipinski definition) is 6. The van der Waals surface area contributed by atoms with Crippen LogP contribution in [0.3, 0.4) is 0 Å². The lowest BCUT2D eigenvalue weighted by Gasteiger charge is -2.22. The molecule has 0 heterocycles. The molecule has 2 aromatic rings. The molecular formula is C22H25N3O4. The largest absolute Gasteiger partial charge is 0.491 e. The summed E-state index contributed by atoms with van der Waals surface area (Å²) < 4.78 is 10.8. The van der Waals surface area contributed by atoms with Crippen LogP contribution < -0.4 is 15.4 Å². The van der Waals surface area contributed by atoms with Gasteiger partial charge in [-0.3, -0.25) is 4.79 Å². The van der Waals surface area contributed by atoms with Crippen molar-refractivity contribution in [2.75, 3.05) is 25.6 Å². The number of rotatable bonds is 9. The quantitative estimate of drug-likeness (QED) is 0.500. The second kappa shape index (κ2) is 10.7. The van der Waals surface area contributed by atoms with Gasteiger partial charge in [-0.2, -0.15) is 5.26 Å². The van der Waals surface area contributed by atoms with Gasteiger partial charge < -0.3 is 20.1 Å². The minimum Gasteiger partial charge on any atom is -0.491 e. The normalized spacial score (nSPS) is 11.1. The summed E-state index contributed by atoms with van der Waals surface area (Å²) in [5.41, 5.74) is 2.89. The molecule has 0 aliphatic rings. The average molecular weight is 395 g/mol. The maximum Gasteiger partial charge on any atom is 0.333 e. The third-order valence-electron chi connectivity index (χ3n) is 4.29. The molecule has 1 unspecified atom stereocenters. The lowest BCUT2D eigenvalue weighted by molar-refractivity contribution is -0.141. The lowest BCUT2D eigenvalue weighted by Crippen LogP contribution is -2.26. The molecule has 0 aliphatic carbocycles. The monoisotopic (exact) mass is 395 g/mol. The SMILES string of the molecule is CCc1ccc(OCCNC(C)=O)c(C(Nc2ccc(C#N)cc2)C(=O)OC)c1. The van der Waals surface area contributed by atoms with E-state index in [4.69, 9.17) is 14.7 Å². The summed E-state index contributed by atoms with van der Waals surface area (Å²) in [6.45, 7) is 4.09. The molecule has 0 bridgehead atoms. The molecule has 7 nitrogen and oxygen atoms in total. The summed E-state index contributed by atoms with van der Waals surface area (Å²) in [5.74, 6) is -0.0662. The van der Waals surface area contributed by atoms with E-state index in [0.29, 0.717) is 29.1 Å². The Morgan fingerprint density at radius 1 is 1.17 bits per heavy atom. The van der Waals surface area contributed by atoms with Gasteiger partial charge in [0.1, 0.15) is 12.4 Å². The zero-order valence-electron chi connectivity index (χ0n) is 16.8. The molecule has 0 aromatic heterocycles. The number of anilines is 1. The van der Waals surface area contributed by atoms with Crippen LogP contribution in [-0.2, 0) is 20.7 Å². The van der Waals surface area contributed by atoms with Crippen molar-refractivity contribution in [2.45, 2.75) is 26.3 Å². The predicted octanol–water partition coefficient (Wildman–Crippen LogP) is 2.96. The molecule has 0 saturated heterocycles. The van der Waals surface area contributed by atoms with Gasteiger partial charge in [-0.05, 0) is 48.4 Å². The van der Waals surface area contributed by atoms with Gasteiger partial charge in [0.25, 0.3) is 0 Å². The average Bonchev–Trinajstić information content (AvgIpc) is 2.75. The molecule has 1 amide bonds. The van der Waals surface area contributed by atoms with E-state index in [0.717, 1.165) is 12.0 Å². The second-order valence-corrected chi connectivity index (χ2v) is 6.35. The minimum atomic E-state index is -0.796. The van der Waals surface area contributed by atoms with Crippen molar-refractivity contribution in [3.8, 4) is 11.8 Å². The molecular weight excluding hydrogens is 370 g/mol. The first-order chi connectivity index (χ1) is 14.0. The van der Waals surface area contributed by atoms with Gasteiger partial charge in [0.2, 0.25) is 5.91 Å². The Kier molecular flexibility index (Phi) is 8.04. The molecule has 1 atom stereocenters. The van der Waals surface area contributed by atoms with E-state index < -0.39 is 12.0 Å². The van der Waals surface area contributed by atoms with E-state index in [1.165, 1.54) is 14.0 Å². The highest BCUT2D eigenvalue weighted by Crippen LogP contribution is 2.30. The van der Waals surface area contributed by atoms with Crippen molar-refractivity contribution in [3.63, 3.8) is 0 Å². The molecule has 2 aromatic carbocycles. The van der Waals surface area contributed by atoms with Gasteiger partial charge in [-0.15, -0.1) is 0 Å². The van der Waals surface area contributed by atoms with Gasteiger partial charge >= 0.3 is 5.97 Å². The number of amides is 1. The van der Waals surface area contributed by atoms with Gasteiger partial charge in [0.05, 0.1) is 25.3 Å². The Morgan fingerprint density at radius 2 is 1.90 bits per heavy atom. The Morgan fingerprint density at radius 3 is 2.48 bits per heavy atom. The number of nitrogens with one attached hydrogen (secondary N) is 2. The van der Waals surface area contributed by atoms with Crippen LogP contribution in [0.4, 0.5) is 5.69 Å². The van der Waals surface area contributed by atoms with Crippen molar-refractivity contribution in [1.82, 2.24) is 5.32 Å². The molecule has 0 fully saturated rings. The number of nitrogens with zero attached hydrogens (tertiary/aromatic N) is 1. The fraction of sp³-hybridized carbons (Fsp3) is 0.318. The summed E-state index contributed by atoms with van der Waals surface area (Å²) in [5, 5.41) is 14.8. The molecule has 0 spiro atoms. The highest BCUT2D eigenvalue weighted by atomic mass is 16.5. The number of benzene rings is 2. The van der Waals surface area contributed by atoms with Crippen molar-refractivity contribution in [1.29, 1.82) is 5.26 Å². The van der Waals surface area contributed by atoms with E-state index in [-0.39, 0.29) is 12.5 Å². The van der Waals surface area contributed by atoms with E-state index in [1.807, 2.05) is 25.1 Å². The number of methoxy groups -OCH3 is 1. The van der Waals surface area contributed by atoms with Gasteiger partial charge in [-0.25, -0.2) is 4.79 Å². The zero-order valence-corrected chi connectivity index (χ0v) is 16.8. The Hall–Kier alpha value is -3.53. The van der Waals surface area contributed by atoms with Crippen molar-refractivity contribution in [3.05, 3.63) is 59.2 Å². The molecule has 7 heteroatoms. The Bertz CT molecular complexity index is 888. The fourth-order valence-electron chi connectivity index (χ4n) is 2.75. The van der Waals surface area contributed by atoms with Gasteiger partial charge in [0.15, 0.2) is 6.04 Å². The fourth-order valence-corrected chi connectivity index (χ4v) is 2.75. The summed E-state index contributed by atoms with van der Waals surface area (Å²) in [4.78, 5) is 23.6. The van der Waals surface area contributed by atoms with Crippen molar-refractivity contribution < 1.29 is 19.1 Å². The Labute approximate surface area is 170 Å². The van der Waals surface area contributed by atoms with E-state index in [1.54, 1.807) is 24.3 Å². The number of esters is 1. The van der Waals surface area contributed by atoms with Crippen LogP contribution >= 0.6 is 0 Å². The highest BCUT2D eigenvalue weighted by molar-refractivity contribution is 5.82. The second-order valence-electron chi connectivity index (χ2n) is 6.35. The van der Waals surface area contributed by atoms with E-state index in [9.17, 15) is 9.59 Å². The third kappa shape index (κ3) is 6.25. The molecule has 0 saturated carbocycles. The van der Waals surface area contributed by atoms with Gasteiger partial charge in [0, 0.05) is 18.2 Å². The number of ether oxygens (including phenoxy) is 2. The minimum absolute atomic E-state index is 0.134. The smallest absolute Gasteiger partial charge is 0.333 e. The zero-order chi connectivity index (χ0) is 21.2. The summed E-state index contributed by atoms with van der Waals surface area (Å²) >= 11 is 0. The van der Waals surface area contributed by atoms with Crippen LogP contribution in [0.25, 0.3) is 0 Å². The van der Waals surface area contributed by atoms with Crippen LogP contribution in [-0.4, -0.2) is 32.1 Å². The molecule has 2 rings (SSSR count). The van der Waals surface area contributed by atoms with E-state index >= 15 is 0 Å². The summed E-state index contributed by atoms with van der Waals surface area (Å²) in [6, 6.07) is 13.7. The number of carbonyl (C=O) groups excluding carboxylic acids is 2. The van der Waals surface area contributed by atoms with E-state index in [2.05, 4.69) is 16.7 Å². The first kappa shape index (κ1) is 21.8. The van der Waals surface area contributed by atoms with Crippen LogP contribution in [0.15, 0.2) is 42.5 Å². The molecule has 2 N–H and O–H groups in total. The van der Waals surface area contributed by atoms with Gasteiger partial charge in [-0.1, -0.05) is 13.0 Å². The number of aryl methyl sites for hydroxylation is 1. The molecule has 152 valence electrons. The van der Waals surface area contributed by atoms with Crippen LogP contribution in [0.1, 0.15) is 36.6 Å². The summed E-state index contributed by atoms with van der Waals surface area (Å²) in [6.07, 6.45) is 0.796. The first-order valence-electron chi connectivity index (χ1n) is 9.33. The highest BCUT2D eigenvalue weighted by Gasteiger charge is 2.25. The summed E-state index contributed by atoms with van der Waals surface area (Å²) in [7, 11) is 1.33. The molecule has 0 aliphatic heterocycles. The first-order valence-corrected chi connectivity index (χ1v) is 9.33. The van der Waals surface area contributed by atoms with Crippen LogP contribution in [0.5, 0.6) is 5.75 Å². The van der Waals surface area contributed by atoms with Crippen LogP contribution in [0.2, 0.25) is 0 Å². The number of carbonyl (C=O) groups is 2. The standard InChI is InChI=1S/C22H25N3O4/c1-4-16-7-10-20(29-12-11-24-15(2)26)19(13-16)21(22(27)28-3)25-18-8-5-17(14-23)6-9-18/h5-10,13,21,25H,4,11-12H2,1-3H3,(H,24,26). The van der Waals surface area contributed by atoms with Crippen molar-refractivity contribution >= 4 is 17.6 Å². The molecule has 29 heavy (non-hydrogen) atoms. The van der Waals surface area contributed by atoms with Crippen LogP contribution in [0, 0.1) is 11.3 Å². The number of nitriles is 1. The lowest BCUT2D eigenvalue weighted by atomic mass is 10.0. The van der Waals surface area contributed by atoms with Crippen molar-refractivity contribution in [2.24, 2.45) is 0 Å². The maximum absolute atomic E-state index is 12.6. The number of hydrogen-bond donors (Lipinski definition) is 2. The maximum atomic E-state index is 12.6. The predicted molar refractivity (Wildman–Crippen MR) is 110 cm³/mol. The topological polar surface area (TPSA) is 100 Å². The Balaban J connectivity index is 2.32. The third-order valence-corrected chi connectivity index (χ3v) is 4.29.